The number of nitro benzene ring substituents is 1. The normalized spacial score (nSPS) is 17.9. The highest BCUT2D eigenvalue weighted by Crippen LogP contribution is 2.33. The van der Waals surface area contributed by atoms with Gasteiger partial charge in [0.1, 0.15) is 0 Å². The highest BCUT2D eigenvalue weighted by Gasteiger charge is 2.31. The van der Waals surface area contributed by atoms with Crippen LogP contribution in [0.25, 0.3) is 0 Å². The molecule has 1 heterocycles. The molecule has 0 radical (unpaired) electrons. The lowest BCUT2D eigenvalue weighted by Crippen LogP contribution is -2.40. The Bertz CT molecular complexity index is 643. The van der Waals surface area contributed by atoms with Crippen LogP contribution in [0.4, 0.5) is 11.4 Å². The van der Waals surface area contributed by atoms with Gasteiger partial charge in [-0.15, -0.1) is 0 Å². The van der Waals surface area contributed by atoms with Gasteiger partial charge >= 0.3 is 0 Å². The Morgan fingerprint density at radius 1 is 1.38 bits per heavy atom. The number of rotatable bonds is 6. The molecular formula is C18H27N3O3. The Labute approximate surface area is 143 Å². The molecule has 6 heteroatoms. The molecule has 0 aliphatic carbocycles. The highest BCUT2D eigenvalue weighted by molar-refractivity contribution is 5.97. The molecular weight excluding hydrogens is 306 g/mol. The molecule has 0 bridgehead atoms. The van der Waals surface area contributed by atoms with E-state index in [1.54, 1.807) is 19.9 Å². The molecule has 1 fully saturated rings. The van der Waals surface area contributed by atoms with Gasteiger partial charge in [-0.1, -0.05) is 13.3 Å². The van der Waals surface area contributed by atoms with Gasteiger partial charge in [-0.05, 0) is 64.8 Å². The molecule has 132 valence electrons. The van der Waals surface area contributed by atoms with Gasteiger partial charge in [0.25, 0.3) is 5.69 Å². The van der Waals surface area contributed by atoms with E-state index in [1.807, 2.05) is 6.92 Å². The van der Waals surface area contributed by atoms with Crippen LogP contribution in [0.3, 0.4) is 0 Å². The van der Waals surface area contributed by atoms with Crippen molar-refractivity contribution in [3.8, 4) is 0 Å². The molecule has 0 saturated carbocycles. The van der Waals surface area contributed by atoms with E-state index < -0.39 is 0 Å². The summed E-state index contributed by atoms with van der Waals surface area (Å²) in [5.74, 6) is -0.0482. The van der Waals surface area contributed by atoms with E-state index in [-0.39, 0.29) is 22.6 Å². The summed E-state index contributed by atoms with van der Waals surface area (Å²) in [6, 6.07) is 1.64. The lowest BCUT2D eigenvalue weighted by molar-refractivity contribution is -0.386. The highest BCUT2D eigenvalue weighted by atomic mass is 16.6. The van der Waals surface area contributed by atoms with Gasteiger partial charge in [0, 0.05) is 5.56 Å². The molecule has 0 spiro atoms. The molecule has 1 atom stereocenters. The number of nitrogens with one attached hydrogen (secondary N) is 1. The van der Waals surface area contributed by atoms with Crippen LogP contribution < -0.4 is 5.32 Å². The van der Waals surface area contributed by atoms with Gasteiger partial charge in [-0.25, -0.2) is 0 Å². The SMILES string of the molecule is CCCCN1CCC[C@H]1C(=O)Nc1c(C)cc(C)c([N+](=O)[O-])c1C. The minimum atomic E-state index is -0.372. The molecule has 0 unspecified atom stereocenters. The quantitative estimate of drug-likeness (QED) is 0.636. The van der Waals surface area contributed by atoms with Crippen molar-refractivity contribution in [2.75, 3.05) is 18.4 Å². The number of carbonyl (C=O) groups excluding carboxylic acids is 1. The maximum atomic E-state index is 12.7. The number of carbonyl (C=O) groups is 1. The van der Waals surface area contributed by atoms with Gasteiger partial charge in [0.2, 0.25) is 5.91 Å². The summed E-state index contributed by atoms with van der Waals surface area (Å²) in [6.07, 6.45) is 4.06. The average molecular weight is 333 g/mol. The minimum absolute atomic E-state index is 0.0482. The molecule has 1 aromatic rings. The molecule has 0 aromatic heterocycles. The topological polar surface area (TPSA) is 75.5 Å². The zero-order valence-electron chi connectivity index (χ0n) is 15.0. The second kappa shape index (κ2) is 7.75. The zero-order valence-corrected chi connectivity index (χ0v) is 15.0. The molecule has 24 heavy (non-hydrogen) atoms. The third kappa shape index (κ3) is 3.75. The third-order valence-electron chi connectivity index (χ3n) is 4.83. The number of nitro groups is 1. The number of hydrogen-bond donors (Lipinski definition) is 1. The number of likely N-dealkylation sites (tertiary alicyclic amines) is 1. The maximum Gasteiger partial charge on any atom is 0.277 e. The fraction of sp³-hybridized carbons (Fsp3) is 0.611. The molecule has 2 rings (SSSR count). The number of aryl methyl sites for hydroxylation is 2. The van der Waals surface area contributed by atoms with Gasteiger partial charge < -0.3 is 5.32 Å². The Hall–Kier alpha value is -1.95. The van der Waals surface area contributed by atoms with Crippen LogP contribution in [-0.2, 0) is 4.79 Å². The third-order valence-corrected chi connectivity index (χ3v) is 4.83. The van der Waals surface area contributed by atoms with E-state index in [9.17, 15) is 14.9 Å². The summed E-state index contributed by atoms with van der Waals surface area (Å²) in [4.78, 5) is 25.9. The molecule has 1 aromatic carbocycles. The molecule has 1 N–H and O–H groups in total. The van der Waals surface area contributed by atoms with Gasteiger partial charge in [-0.3, -0.25) is 19.8 Å². The van der Waals surface area contributed by atoms with Crippen molar-refractivity contribution in [1.82, 2.24) is 4.90 Å². The maximum absolute atomic E-state index is 12.7. The average Bonchev–Trinajstić information content (AvgIpc) is 2.97. The van der Waals surface area contributed by atoms with Crippen molar-refractivity contribution in [2.24, 2.45) is 0 Å². The summed E-state index contributed by atoms with van der Waals surface area (Å²) in [5.41, 5.74) is 2.69. The lowest BCUT2D eigenvalue weighted by atomic mass is 10.0. The largest absolute Gasteiger partial charge is 0.324 e. The predicted octanol–water partition coefficient (Wildman–Crippen LogP) is 3.72. The van der Waals surface area contributed by atoms with Crippen LogP contribution in [0, 0.1) is 30.9 Å². The van der Waals surface area contributed by atoms with Gasteiger partial charge in [-0.2, -0.15) is 0 Å². The number of benzene rings is 1. The molecule has 1 aliphatic heterocycles. The first kappa shape index (κ1) is 18.4. The van der Waals surface area contributed by atoms with Crippen molar-refractivity contribution in [3.63, 3.8) is 0 Å². The van der Waals surface area contributed by atoms with Crippen LogP contribution in [0.5, 0.6) is 0 Å². The van der Waals surface area contributed by atoms with Crippen LogP contribution in [-0.4, -0.2) is 34.9 Å². The summed E-state index contributed by atoms with van der Waals surface area (Å²) in [5, 5.41) is 14.3. The van der Waals surface area contributed by atoms with Crippen molar-refractivity contribution >= 4 is 17.3 Å². The number of hydrogen-bond acceptors (Lipinski definition) is 4. The van der Waals surface area contributed by atoms with Crippen molar-refractivity contribution in [3.05, 3.63) is 32.9 Å². The van der Waals surface area contributed by atoms with Crippen LogP contribution in [0.2, 0.25) is 0 Å². The first-order valence-corrected chi connectivity index (χ1v) is 8.66. The number of anilines is 1. The summed E-state index contributed by atoms with van der Waals surface area (Å²) >= 11 is 0. The Morgan fingerprint density at radius 2 is 2.08 bits per heavy atom. The first-order chi connectivity index (χ1) is 11.4. The second-order valence-corrected chi connectivity index (χ2v) is 6.65. The Kier molecular flexibility index (Phi) is 5.94. The van der Waals surface area contributed by atoms with Crippen LogP contribution in [0.1, 0.15) is 49.3 Å². The number of unbranched alkanes of at least 4 members (excludes halogenated alkanes) is 1. The first-order valence-electron chi connectivity index (χ1n) is 8.66. The van der Waals surface area contributed by atoms with Crippen molar-refractivity contribution in [2.45, 2.75) is 59.4 Å². The summed E-state index contributed by atoms with van der Waals surface area (Å²) in [7, 11) is 0. The zero-order chi connectivity index (χ0) is 17.9. The second-order valence-electron chi connectivity index (χ2n) is 6.65. The minimum Gasteiger partial charge on any atom is -0.324 e. The van der Waals surface area contributed by atoms with Crippen LogP contribution in [0.15, 0.2) is 6.07 Å². The fourth-order valence-corrected chi connectivity index (χ4v) is 3.61. The standard InChI is InChI=1S/C18H27N3O3/c1-5-6-9-20-10-7-8-15(20)18(22)19-16-12(2)11-13(3)17(14(16)4)21(23)24/h11,15H,5-10H2,1-4H3,(H,19,22)/t15-/m0/s1. The van der Waals surface area contributed by atoms with E-state index in [4.69, 9.17) is 0 Å². The van der Waals surface area contributed by atoms with E-state index in [1.165, 1.54) is 0 Å². The molecule has 1 saturated heterocycles. The fourth-order valence-electron chi connectivity index (χ4n) is 3.61. The molecule has 1 amide bonds. The van der Waals surface area contributed by atoms with E-state index in [0.29, 0.717) is 16.8 Å². The summed E-state index contributed by atoms with van der Waals surface area (Å²) in [6.45, 7) is 9.33. The smallest absolute Gasteiger partial charge is 0.277 e. The van der Waals surface area contributed by atoms with Crippen LogP contribution >= 0.6 is 0 Å². The molecule has 6 nitrogen and oxygen atoms in total. The number of amides is 1. The van der Waals surface area contributed by atoms with Crippen molar-refractivity contribution < 1.29 is 9.72 Å². The van der Waals surface area contributed by atoms with E-state index in [0.717, 1.165) is 44.3 Å². The molecule has 1 aliphatic rings. The Balaban J connectivity index is 2.23. The summed E-state index contributed by atoms with van der Waals surface area (Å²) < 4.78 is 0. The van der Waals surface area contributed by atoms with E-state index in [2.05, 4.69) is 17.1 Å². The van der Waals surface area contributed by atoms with Crippen molar-refractivity contribution in [1.29, 1.82) is 0 Å². The van der Waals surface area contributed by atoms with E-state index >= 15 is 0 Å². The van der Waals surface area contributed by atoms with Gasteiger partial charge in [0.15, 0.2) is 0 Å². The lowest BCUT2D eigenvalue weighted by Gasteiger charge is -2.24. The predicted molar refractivity (Wildman–Crippen MR) is 95.4 cm³/mol. The number of nitrogens with zero attached hydrogens (tertiary/aromatic N) is 2. The monoisotopic (exact) mass is 333 g/mol. The Morgan fingerprint density at radius 3 is 2.71 bits per heavy atom. The van der Waals surface area contributed by atoms with Gasteiger partial charge in [0.05, 0.1) is 22.2 Å².